The summed E-state index contributed by atoms with van der Waals surface area (Å²) in [6, 6.07) is 17.0. The number of anilines is 2. The predicted octanol–water partition coefficient (Wildman–Crippen LogP) is 4.66. The minimum atomic E-state index is -4.68. The van der Waals surface area contributed by atoms with Crippen molar-refractivity contribution in [1.29, 1.82) is 0 Å². The zero-order valence-electron chi connectivity index (χ0n) is 17.8. The van der Waals surface area contributed by atoms with E-state index in [0.29, 0.717) is 16.7 Å². The Hall–Kier alpha value is -4.25. The number of nitrogens with zero attached hydrogens (tertiary/aromatic N) is 3. The number of imide groups is 1. The molecule has 11 heteroatoms. The van der Waals surface area contributed by atoms with Crippen molar-refractivity contribution in [3.63, 3.8) is 0 Å². The van der Waals surface area contributed by atoms with E-state index < -0.39 is 46.5 Å². The molecule has 2 saturated heterocycles. The van der Waals surface area contributed by atoms with Crippen LogP contribution in [0.1, 0.15) is 17.2 Å². The Morgan fingerprint density at radius 3 is 2.20 bits per heavy atom. The molecule has 3 aromatic rings. The Balaban J connectivity index is 1.62. The Labute approximate surface area is 196 Å². The van der Waals surface area contributed by atoms with Gasteiger partial charge in [-0.3, -0.25) is 24.5 Å². The van der Waals surface area contributed by atoms with E-state index in [0.717, 1.165) is 12.1 Å². The highest BCUT2D eigenvalue weighted by Gasteiger charge is 2.61. The van der Waals surface area contributed by atoms with Crippen LogP contribution in [0.5, 0.6) is 0 Å². The second-order valence-electron chi connectivity index (χ2n) is 8.03. The van der Waals surface area contributed by atoms with Crippen molar-refractivity contribution in [3.05, 3.63) is 100 Å². The van der Waals surface area contributed by atoms with Crippen molar-refractivity contribution < 1.29 is 32.5 Å². The van der Waals surface area contributed by atoms with Crippen LogP contribution >= 0.6 is 0 Å². The molecule has 0 spiro atoms. The normalized spacial score (nSPS) is 22.0. The van der Waals surface area contributed by atoms with Crippen LogP contribution < -0.4 is 9.96 Å². The lowest BCUT2D eigenvalue weighted by Crippen LogP contribution is -2.37. The molecule has 5 rings (SSSR count). The van der Waals surface area contributed by atoms with Gasteiger partial charge in [-0.2, -0.15) is 13.2 Å². The van der Waals surface area contributed by atoms with E-state index in [4.69, 9.17) is 4.84 Å². The lowest BCUT2D eigenvalue weighted by molar-refractivity contribution is -0.385. The lowest BCUT2D eigenvalue weighted by atomic mass is 9.89. The second-order valence-corrected chi connectivity index (χ2v) is 8.03. The number of rotatable bonds is 4. The van der Waals surface area contributed by atoms with Crippen LogP contribution in [0.4, 0.5) is 30.2 Å². The number of hydroxylamine groups is 1. The molecule has 0 aliphatic carbocycles. The van der Waals surface area contributed by atoms with Crippen LogP contribution in [0.15, 0.2) is 78.9 Å². The zero-order chi connectivity index (χ0) is 24.9. The van der Waals surface area contributed by atoms with Crippen LogP contribution in [0, 0.1) is 16.0 Å². The summed E-state index contributed by atoms with van der Waals surface area (Å²) >= 11 is 0. The highest BCUT2D eigenvalue weighted by Crippen LogP contribution is 2.49. The number of amides is 2. The summed E-state index contributed by atoms with van der Waals surface area (Å²) in [5.41, 5.74) is -0.951. The van der Waals surface area contributed by atoms with Crippen molar-refractivity contribution in [2.75, 3.05) is 9.96 Å². The third-order valence-corrected chi connectivity index (χ3v) is 6.01. The quantitative estimate of drug-likeness (QED) is 0.304. The summed E-state index contributed by atoms with van der Waals surface area (Å²) in [5.74, 6) is -2.87. The fraction of sp³-hybridized carbons (Fsp3) is 0.167. The molecule has 8 nitrogen and oxygen atoms in total. The fourth-order valence-corrected chi connectivity index (χ4v) is 4.51. The number of alkyl halides is 3. The van der Waals surface area contributed by atoms with Gasteiger partial charge in [-0.15, -0.1) is 0 Å². The first-order valence-electron chi connectivity index (χ1n) is 10.5. The first-order chi connectivity index (χ1) is 16.7. The molecule has 2 heterocycles. The molecule has 3 atom stereocenters. The first kappa shape index (κ1) is 22.5. The highest BCUT2D eigenvalue weighted by molar-refractivity contribution is 6.24. The van der Waals surface area contributed by atoms with Gasteiger partial charge in [0, 0.05) is 6.07 Å². The van der Waals surface area contributed by atoms with E-state index in [1.807, 2.05) is 0 Å². The summed E-state index contributed by atoms with van der Waals surface area (Å²) in [6.45, 7) is 0. The molecule has 0 bridgehead atoms. The van der Waals surface area contributed by atoms with E-state index >= 15 is 0 Å². The van der Waals surface area contributed by atoms with Crippen LogP contribution in [-0.2, 0) is 20.6 Å². The lowest BCUT2D eigenvalue weighted by Gasteiger charge is -2.28. The number of benzene rings is 3. The van der Waals surface area contributed by atoms with Gasteiger partial charge in [0.2, 0.25) is 5.91 Å². The number of para-hydroxylation sites is 2. The monoisotopic (exact) mass is 483 g/mol. The Morgan fingerprint density at radius 1 is 0.857 bits per heavy atom. The molecule has 35 heavy (non-hydrogen) atoms. The van der Waals surface area contributed by atoms with Crippen molar-refractivity contribution in [1.82, 2.24) is 0 Å². The molecular weight excluding hydrogens is 467 g/mol. The molecule has 0 saturated carbocycles. The number of fused-ring (bicyclic) bond motifs is 1. The van der Waals surface area contributed by atoms with E-state index in [-0.39, 0.29) is 16.9 Å². The topological polar surface area (TPSA) is 93.0 Å². The fourth-order valence-electron chi connectivity index (χ4n) is 4.51. The standard InChI is InChI=1S/C24H16F3N3O5/c25-24(26,27)14-7-6-10-16(13-14)28-22(31)19-20(17-11-4-5-12-18(17)30(33)34)29(35-21(19)23(28)32)15-8-2-1-3-9-15/h1-13,19-21H/t19-,20+,21-/m1/s1. The van der Waals surface area contributed by atoms with Crippen molar-refractivity contribution in [2.45, 2.75) is 18.3 Å². The van der Waals surface area contributed by atoms with E-state index in [2.05, 4.69) is 0 Å². The van der Waals surface area contributed by atoms with Gasteiger partial charge in [-0.05, 0) is 36.4 Å². The predicted molar refractivity (Wildman–Crippen MR) is 117 cm³/mol. The number of nitro groups is 1. The zero-order valence-corrected chi connectivity index (χ0v) is 17.8. The van der Waals surface area contributed by atoms with Gasteiger partial charge in [0.1, 0.15) is 12.0 Å². The van der Waals surface area contributed by atoms with Gasteiger partial charge >= 0.3 is 6.18 Å². The molecule has 0 unspecified atom stereocenters. The summed E-state index contributed by atoms with van der Waals surface area (Å²) < 4.78 is 39.7. The molecule has 178 valence electrons. The number of hydrogen-bond acceptors (Lipinski definition) is 6. The maximum Gasteiger partial charge on any atom is 0.416 e. The minimum absolute atomic E-state index is 0.140. The minimum Gasteiger partial charge on any atom is -0.273 e. The summed E-state index contributed by atoms with van der Waals surface area (Å²) in [7, 11) is 0. The second kappa shape index (κ2) is 8.20. The Kier molecular flexibility index (Phi) is 5.28. The summed E-state index contributed by atoms with van der Waals surface area (Å²) in [4.78, 5) is 44.5. The average Bonchev–Trinajstić information content (AvgIpc) is 3.35. The molecule has 2 aliphatic heterocycles. The van der Waals surface area contributed by atoms with Gasteiger partial charge in [0.25, 0.3) is 11.6 Å². The molecule has 0 radical (unpaired) electrons. The van der Waals surface area contributed by atoms with Gasteiger partial charge in [0.05, 0.1) is 27.4 Å². The van der Waals surface area contributed by atoms with Crippen LogP contribution in [0.2, 0.25) is 0 Å². The SMILES string of the molecule is O=C1[C@H]2[C@@H](ON(c3ccccc3)[C@H]2c2ccccc2[N+](=O)[O-])C(=O)N1c1cccc(C(F)(F)F)c1. The Morgan fingerprint density at radius 2 is 1.51 bits per heavy atom. The van der Waals surface area contributed by atoms with Crippen molar-refractivity contribution >= 4 is 28.9 Å². The average molecular weight is 483 g/mol. The number of nitro benzene ring substituents is 1. The van der Waals surface area contributed by atoms with E-state index in [9.17, 15) is 32.9 Å². The number of hydrogen-bond donors (Lipinski definition) is 0. The van der Waals surface area contributed by atoms with Gasteiger partial charge in [0.15, 0.2) is 6.10 Å². The molecule has 0 N–H and O–H groups in total. The number of halogens is 3. The number of carbonyl (C=O) groups is 2. The van der Waals surface area contributed by atoms with Crippen LogP contribution in [0.25, 0.3) is 0 Å². The molecule has 2 aliphatic rings. The third-order valence-electron chi connectivity index (χ3n) is 6.01. The highest BCUT2D eigenvalue weighted by atomic mass is 19.4. The molecule has 2 amide bonds. The smallest absolute Gasteiger partial charge is 0.273 e. The van der Waals surface area contributed by atoms with Gasteiger partial charge in [-0.1, -0.05) is 36.4 Å². The summed E-state index contributed by atoms with van der Waals surface area (Å²) in [6.07, 6.45) is -6.05. The summed E-state index contributed by atoms with van der Waals surface area (Å²) in [5, 5.41) is 13.0. The third kappa shape index (κ3) is 3.69. The van der Waals surface area contributed by atoms with Crippen molar-refractivity contribution in [3.8, 4) is 0 Å². The maximum atomic E-state index is 13.5. The largest absolute Gasteiger partial charge is 0.416 e. The van der Waals surface area contributed by atoms with Crippen molar-refractivity contribution in [2.24, 2.45) is 5.92 Å². The van der Waals surface area contributed by atoms with Crippen LogP contribution in [-0.4, -0.2) is 22.8 Å². The number of carbonyl (C=O) groups excluding carboxylic acids is 2. The van der Waals surface area contributed by atoms with Crippen LogP contribution in [0.3, 0.4) is 0 Å². The molecule has 2 fully saturated rings. The van der Waals surface area contributed by atoms with Gasteiger partial charge in [-0.25, -0.2) is 9.96 Å². The van der Waals surface area contributed by atoms with Gasteiger partial charge < -0.3 is 0 Å². The molecular formula is C24H16F3N3O5. The molecule has 0 aromatic heterocycles. The first-order valence-corrected chi connectivity index (χ1v) is 10.5. The maximum absolute atomic E-state index is 13.5. The molecule has 3 aromatic carbocycles. The van der Waals surface area contributed by atoms with E-state index in [1.165, 1.54) is 29.3 Å². The Bertz CT molecular complexity index is 1330. The van der Waals surface area contributed by atoms with E-state index in [1.54, 1.807) is 36.4 Å².